The lowest BCUT2D eigenvalue weighted by molar-refractivity contribution is -0.122. The summed E-state index contributed by atoms with van der Waals surface area (Å²) in [6.45, 7) is 2.83. The first-order chi connectivity index (χ1) is 10.1. The molecule has 3 rings (SSSR count). The lowest BCUT2D eigenvalue weighted by Crippen LogP contribution is -2.31. The van der Waals surface area contributed by atoms with Crippen molar-refractivity contribution in [1.82, 2.24) is 10.2 Å². The van der Waals surface area contributed by atoms with Gasteiger partial charge >= 0.3 is 0 Å². The van der Waals surface area contributed by atoms with Gasteiger partial charge in [0.1, 0.15) is 5.70 Å². The van der Waals surface area contributed by atoms with E-state index in [0.717, 1.165) is 16.5 Å². The van der Waals surface area contributed by atoms with Gasteiger partial charge in [-0.3, -0.25) is 9.69 Å². The maximum Gasteiger partial charge on any atom is 0.276 e. The van der Waals surface area contributed by atoms with Gasteiger partial charge in [0.15, 0.2) is 16.6 Å². The number of ether oxygens (including phenoxy) is 2. The highest BCUT2D eigenvalue weighted by Crippen LogP contribution is 2.40. The summed E-state index contributed by atoms with van der Waals surface area (Å²) in [5, 5.41) is 3.41. The second-order valence-corrected chi connectivity index (χ2v) is 5.92. The summed E-state index contributed by atoms with van der Waals surface area (Å²) in [5.74, 6) is 1.25. The second-order valence-electron chi connectivity index (χ2n) is 4.68. The first-order valence-electron chi connectivity index (χ1n) is 6.54. The molecule has 2 aliphatic heterocycles. The van der Waals surface area contributed by atoms with Gasteiger partial charge in [0.05, 0.1) is 4.47 Å². The summed E-state index contributed by atoms with van der Waals surface area (Å²) >= 11 is 8.62. The third-order valence-electron chi connectivity index (χ3n) is 3.17. The van der Waals surface area contributed by atoms with E-state index in [1.165, 1.54) is 0 Å². The van der Waals surface area contributed by atoms with Crippen molar-refractivity contribution in [3.63, 3.8) is 0 Å². The Morgan fingerprint density at radius 1 is 1.48 bits per heavy atom. The highest BCUT2D eigenvalue weighted by atomic mass is 79.9. The molecule has 0 unspecified atom stereocenters. The maximum absolute atomic E-state index is 12.3. The first kappa shape index (κ1) is 14.3. The third-order valence-corrected chi connectivity index (χ3v) is 4.08. The molecule has 7 heteroatoms. The van der Waals surface area contributed by atoms with E-state index >= 15 is 0 Å². The smallest absolute Gasteiger partial charge is 0.276 e. The molecule has 0 saturated carbocycles. The number of hydrogen-bond donors (Lipinski definition) is 1. The summed E-state index contributed by atoms with van der Waals surface area (Å²) in [7, 11) is 0. The molecule has 0 aromatic heterocycles. The molecule has 1 N–H and O–H groups in total. The minimum absolute atomic E-state index is 0.101. The third kappa shape index (κ3) is 2.63. The highest BCUT2D eigenvalue weighted by Gasteiger charge is 2.30. The number of carbonyl (C=O) groups excluding carboxylic acids is 1. The molecule has 21 heavy (non-hydrogen) atoms. The van der Waals surface area contributed by atoms with Gasteiger partial charge in [0, 0.05) is 6.54 Å². The van der Waals surface area contributed by atoms with Crippen LogP contribution < -0.4 is 14.8 Å². The number of carbonyl (C=O) groups is 1. The number of nitrogens with zero attached hydrogens (tertiary/aromatic N) is 1. The Hall–Kier alpha value is -1.60. The van der Waals surface area contributed by atoms with Gasteiger partial charge in [0.2, 0.25) is 6.79 Å². The number of amides is 1. The molecule has 2 heterocycles. The normalized spacial score (nSPS) is 18.6. The molecule has 0 radical (unpaired) electrons. The van der Waals surface area contributed by atoms with Gasteiger partial charge in [-0.15, -0.1) is 0 Å². The van der Waals surface area contributed by atoms with Crippen molar-refractivity contribution in [2.75, 3.05) is 13.3 Å². The Kier molecular flexibility index (Phi) is 3.86. The molecule has 1 amide bonds. The number of rotatable bonds is 3. The molecule has 0 bridgehead atoms. The molecular weight excluding hydrogens is 356 g/mol. The number of halogens is 1. The Morgan fingerprint density at radius 3 is 3.05 bits per heavy atom. The van der Waals surface area contributed by atoms with Crippen molar-refractivity contribution in [2.24, 2.45) is 0 Å². The molecule has 1 saturated heterocycles. The van der Waals surface area contributed by atoms with E-state index in [1.54, 1.807) is 11.0 Å². The van der Waals surface area contributed by atoms with Crippen molar-refractivity contribution in [3.05, 3.63) is 27.9 Å². The van der Waals surface area contributed by atoms with Gasteiger partial charge in [-0.2, -0.15) is 0 Å². The van der Waals surface area contributed by atoms with E-state index in [2.05, 4.69) is 21.2 Å². The largest absolute Gasteiger partial charge is 0.454 e. The van der Waals surface area contributed by atoms with Gasteiger partial charge in [-0.25, -0.2) is 0 Å². The molecule has 5 nitrogen and oxygen atoms in total. The maximum atomic E-state index is 12.3. The van der Waals surface area contributed by atoms with E-state index in [1.807, 2.05) is 19.1 Å². The van der Waals surface area contributed by atoms with Crippen LogP contribution in [-0.4, -0.2) is 29.3 Å². The van der Waals surface area contributed by atoms with Crippen LogP contribution in [0.1, 0.15) is 18.9 Å². The molecular formula is C14H13BrN2O3S. The predicted octanol–water partition coefficient (Wildman–Crippen LogP) is 2.65. The highest BCUT2D eigenvalue weighted by molar-refractivity contribution is 9.10. The number of thiocarbonyl (C=S) groups is 1. The van der Waals surface area contributed by atoms with Crippen LogP contribution in [0.25, 0.3) is 6.08 Å². The number of nitrogens with one attached hydrogen (secondary N) is 1. The average molecular weight is 369 g/mol. The summed E-state index contributed by atoms with van der Waals surface area (Å²) in [6.07, 6.45) is 2.62. The van der Waals surface area contributed by atoms with Crippen LogP contribution in [0.3, 0.4) is 0 Å². The zero-order valence-corrected chi connectivity index (χ0v) is 13.7. The lowest BCUT2D eigenvalue weighted by atomic mass is 10.1. The van der Waals surface area contributed by atoms with Crippen molar-refractivity contribution in [2.45, 2.75) is 13.3 Å². The van der Waals surface area contributed by atoms with Crippen LogP contribution in [0, 0.1) is 0 Å². The Balaban J connectivity index is 1.91. The fourth-order valence-electron chi connectivity index (χ4n) is 2.24. The molecule has 110 valence electrons. The quantitative estimate of drug-likeness (QED) is 0.656. The molecule has 0 atom stereocenters. The molecule has 2 aliphatic rings. The summed E-state index contributed by atoms with van der Waals surface area (Å²) < 4.78 is 11.5. The van der Waals surface area contributed by atoms with Crippen LogP contribution in [0.15, 0.2) is 22.3 Å². The molecule has 1 aromatic carbocycles. The van der Waals surface area contributed by atoms with Crippen LogP contribution in [0.2, 0.25) is 0 Å². The molecule has 1 aromatic rings. The monoisotopic (exact) mass is 368 g/mol. The fourth-order valence-corrected chi connectivity index (χ4v) is 3.09. The van der Waals surface area contributed by atoms with Gasteiger partial charge < -0.3 is 14.8 Å². The number of benzene rings is 1. The van der Waals surface area contributed by atoms with Crippen LogP contribution in [0.4, 0.5) is 0 Å². The van der Waals surface area contributed by atoms with E-state index in [9.17, 15) is 4.79 Å². The second kappa shape index (κ2) is 5.65. The summed E-state index contributed by atoms with van der Waals surface area (Å²) in [4.78, 5) is 13.8. The van der Waals surface area contributed by atoms with Gasteiger partial charge in [0.25, 0.3) is 5.91 Å². The first-order valence-corrected chi connectivity index (χ1v) is 7.74. The van der Waals surface area contributed by atoms with Crippen LogP contribution in [0.5, 0.6) is 11.5 Å². The van der Waals surface area contributed by atoms with Gasteiger partial charge in [-0.05, 0) is 58.3 Å². The minimum Gasteiger partial charge on any atom is -0.454 e. The molecule has 0 aliphatic carbocycles. The zero-order valence-electron chi connectivity index (χ0n) is 11.3. The van der Waals surface area contributed by atoms with E-state index in [0.29, 0.717) is 28.9 Å². The minimum atomic E-state index is -0.101. The Bertz CT molecular complexity index is 660. The lowest BCUT2D eigenvalue weighted by Gasteiger charge is -2.11. The molecule has 0 spiro atoms. The summed E-state index contributed by atoms with van der Waals surface area (Å²) in [5.41, 5.74) is 1.31. The predicted molar refractivity (Wildman–Crippen MR) is 86.0 cm³/mol. The standard InChI is InChI=1S/C14H13BrN2O3S/c1-2-3-17-13(18)10(16-14(17)21)5-8-4-9(15)12-11(6-8)19-7-20-12/h4-6H,2-3,7H2,1H3,(H,16,21)/b10-5+. The summed E-state index contributed by atoms with van der Waals surface area (Å²) in [6, 6.07) is 3.71. The van der Waals surface area contributed by atoms with Crippen molar-refractivity contribution in [1.29, 1.82) is 0 Å². The Labute approximate surface area is 136 Å². The Morgan fingerprint density at radius 2 is 2.29 bits per heavy atom. The van der Waals surface area contributed by atoms with Crippen molar-refractivity contribution in [3.8, 4) is 11.5 Å². The average Bonchev–Trinajstić information content (AvgIpc) is 3.00. The number of hydrogen-bond acceptors (Lipinski definition) is 4. The van der Waals surface area contributed by atoms with Crippen LogP contribution in [-0.2, 0) is 4.79 Å². The zero-order chi connectivity index (χ0) is 15.0. The van der Waals surface area contributed by atoms with Gasteiger partial charge in [-0.1, -0.05) is 6.92 Å². The van der Waals surface area contributed by atoms with E-state index in [-0.39, 0.29) is 12.7 Å². The molecule has 1 fully saturated rings. The van der Waals surface area contributed by atoms with Crippen LogP contribution >= 0.6 is 28.1 Å². The van der Waals surface area contributed by atoms with Crippen molar-refractivity contribution >= 4 is 45.2 Å². The SMILES string of the molecule is CCCN1C(=O)/C(=C\c2cc(Br)c3c(c2)OCO3)NC1=S. The topological polar surface area (TPSA) is 50.8 Å². The fraction of sp³-hybridized carbons (Fsp3) is 0.286. The van der Waals surface area contributed by atoms with E-state index < -0.39 is 0 Å². The van der Waals surface area contributed by atoms with Crippen molar-refractivity contribution < 1.29 is 14.3 Å². The number of fused-ring (bicyclic) bond motifs is 1. The van der Waals surface area contributed by atoms with E-state index in [4.69, 9.17) is 21.7 Å².